The third-order valence-electron chi connectivity index (χ3n) is 5.07. The maximum atomic E-state index is 12.9. The van der Waals surface area contributed by atoms with Gasteiger partial charge in [0, 0.05) is 31.7 Å². The highest BCUT2D eigenvalue weighted by Gasteiger charge is 2.32. The molecule has 3 unspecified atom stereocenters. The summed E-state index contributed by atoms with van der Waals surface area (Å²) in [7, 11) is -3.58. The van der Waals surface area contributed by atoms with Crippen LogP contribution < -0.4 is 0 Å². The molecule has 2 saturated heterocycles. The number of amides is 1. The van der Waals surface area contributed by atoms with Gasteiger partial charge in [-0.2, -0.15) is 4.31 Å². The van der Waals surface area contributed by atoms with Crippen LogP contribution in [0.4, 0.5) is 0 Å². The number of likely N-dealkylation sites (tertiary alicyclic amines) is 1. The maximum absolute atomic E-state index is 12.9. The van der Waals surface area contributed by atoms with Crippen LogP contribution in [0.1, 0.15) is 44.0 Å². The normalized spacial score (nSPS) is 28.1. The van der Waals surface area contributed by atoms with Crippen LogP contribution >= 0.6 is 0 Å². The molecule has 3 atom stereocenters. The Hall–Kier alpha value is -1.44. The Kier molecular flexibility index (Phi) is 5.69. The Balaban J connectivity index is 1.75. The average molecular weight is 381 g/mol. The van der Waals surface area contributed by atoms with Crippen LogP contribution in [-0.4, -0.2) is 61.9 Å². The zero-order valence-electron chi connectivity index (χ0n) is 15.7. The van der Waals surface area contributed by atoms with Gasteiger partial charge >= 0.3 is 0 Å². The average Bonchev–Trinajstić information content (AvgIpc) is 2.60. The molecule has 2 heterocycles. The highest BCUT2D eigenvalue weighted by molar-refractivity contribution is 7.89. The van der Waals surface area contributed by atoms with Crippen molar-refractivity contribution in [3.8, 4) is 0 Å². The van der Waals surface area contributed by atoms with Gasteiger partial charge in [-0.25, -0.2) is 8.42 Å². The lowest BCUT2D eigenvalue weighted by Crippen LogP contribution is -2.48. The van der Waals surface area contributed by atoms with Gasteiger partial charge in [0.05, 0.1) is 17.1 Å². The number of carbonyl (C=O) groups is 1. The lowest BCUT2D eigenvalue weighted by atomic mass is 9.99. The number of carbonyl (C=O) groups excluding carboxylic acids is 1. The minimum atomic E-state index is -3.58. The van der Waals surface area contributed by atoms with Gasteiger partial charge in [0.2, 0.25) is 10.0 Å². The topological polar surface area (TPSA) is 66.9 Å². The molecule has 7 heteroatoms. The minimum absolute atomic E-state index is 0.0193. The van der Waals surface area contributed by atoms with Gasteiger partial charge in [-0.3, -0.25) is 4.79 Å². The predicted octanol–water partition coefficient (Wildman–Crippen LogP) is 2.36. The molecule has 0 aliphatic carbocycles. The van der Waals surface area contributed by atoms with Crippen LogP contribution in [0, 0.1) is 5.92 Å². The van der Waals surface area contributed by atoms with Crippen LogP contribution in [0.25, 0.3) is 0 Å². The molecule has 1 aromatic rings. The SMILES string of the molecule is CC1CCCN(C(=O)c2ccc(S(=O)(=O)N3CC(C)OC(C)C3)cc2)C1. The van der Waals surface area contributed by atoms with E-state index in [1.54, 1.807) is 24.3 Å². The lowest BCUT2D eigenvalue weighted by molar-refractivity contribution is -0.0440. The van der Waals surface area contributed by atoms with E-state index in [2.05, 4.69) is 6.92 Å². The van der Waals surface area contributed by atoms with Crippen LogP contribution in [0.5, 0.6) is 0 Å². The molecule has 1 aromatic carbocycles. The van der Waals surface area contributed by atoms with Crippen molar-refractivity contribution >= 4 is 15.9 Å². The summed E-state index contributed by atoms with van der Waals surface area (Å²) in [6.45, 7) is 8.13. The summed E-state index contributed by atoms with van der Waals surface area (Å²) in [5.74, 6) is 0.492. The fraction of sp³-hybridized carbons (Fsp3) is 0.632. The molecule has 1 amide bonds. The van der Waals surface area contributed by atoms with Gasteiger partial charge in [-0.15, -0.1) is 0 Å². The summed E-state index contributed by atoms with van der Waals surface area (Å²) in [4.78, 5) is 14.7. The number of nitrogens with zero attached hydrogens (tertiary/aromatic N) is 2. The van der Waals surface area contributed by atoms with E-state index < -0.39 is 10.0 Å². The largest absolute Gasteiger partial charge is 0.373 e. The molecule has 0 aromatic heterocycles. The molecule has 144 valence electrons. The first-order valence-electron chi connectivity index (χ1n) is 9.32. The van der Waals surface area contributed by atoms with Gasteiger partial charge in [0.1, 0.15) is 0 Å². The van der Waals surface area contributed by atoms with E-state index >= 15 is 0 Å². The van der Waals surface area contributed by atoms with Gasteiger partial charge in [-0.1, -0.05) is 6.92 Å². The smallest absolute Gasteiger partial charge is 0.253 e. The maximum Gasteiger partial charge on any atom is 0.253 e. The number of sulfonamides is 1. The van der Waals surface area contributed by atoms with E-state index in [1.807, 2.05) is 18.7 Å². The fourth-order valence-electron chi connectivity index (χ4n) is 3.80. The first kappa shape index (κ1) is 19.3. The lowest BCUT2D eigenvalue weighted by Gasteiger charge is -2.34. The van der Waals surface area contributed by atoms with E-state index in [0.29, 0.717) is 24.6 Å². The molecule has 2 fully saturated rings. The van der Waals surface area contributed by atoms with Crippen molar-refractivity contribution in [1.29, 1.82) is 0 Å². The van der Waals surface area contributed by atoms with E-state index in [4.69, 9.17) is 4.74 Å². The molecule has 0 spiro atoms. The molecule has 0 saturated carbocycles. The summed E-state index contributed by atoms with van der Waals surface area (Å²) < 4.78 is 32.8. The second-order valence-electron chi connectivity index (χ2n) is 7.60. The first-order valence-corrected chi connectivity index (χ1v) is 10.8. The zero-order chi connectivity index (χ0) is 18.9. The molecule has 0 N–H and O–H groups in total. The van der Waals surface area contributed by atoms with E-state index in [1.165, 1.54) is 4.31 Å². The summed E-state index contributed by atoms with van der Waals surface area (Å²) in [5.41, 5.74) is 0.543. The molecule has 2 aliphatic rings. The fourth-order valence-corrected chi connectivity index (χ4v) is 5.39. The highest BCUT2D eigenvalue weighted by atomic mass is 32.2. The van der Waals surface area contributed by atoms with Crippen molar-refractivity contribution < 1.29 is 17.9 Å². The first-order chi connectivity index (χ1) is 12.3. The second kappa shape index (κ2) is 7.66. The van der Waals surface area contributed by atoms with Crippen molar-refractivity contribution in [2.24, 2.45) is 5.92 Å². The second-order valence-corrected chi connectivity index (χ2v) is 9.54. The standard InChI is InChI=1S/C19H28N2O4S/c1-14-5-4-10-20(11-14)19(22)17-6-8-18(9-7-17)26(23,24)21-12-15(2)25-16(3)13-21/h6-9,14-16H,4-5,10-13H2,1-3H3. The number of morpholine rings is 1. The molecule has 26 heavy (non-hydrogen) atoms. The van der Waals surface area contributed by atoms with Crippen LogP contribution in [0.15, 0.2) is 29.2 Å². The minimum Gasteiger partial charge on any atom is -0.373 e. The van der Waals surface area contributed by atoms with Gasteiger partial charge in [0.15, 0.2) is 0 Å². The van der Waals surface area contributed by atoms with Crippen molar-refractivity contribution in [1.82, 2.24) is 9.21 Å². The Morgan fingerprint density at radius 2 is 1.65 bits per heavy atom. The number of benzene rings is 1. The Labute approximate surface area is 156 Å². The molecular formula is C19H28N2O4S. The zero-order valence-corrected chi connectivity index (χ0v) is 16.5. The van der Waals surface area contributed by atoms with Crippen molar-refractivity contribution in [3.05, 3.63) is 29.8 Å². The molecular weight excluding hydrogens is 352 g/mol. The summed E-state index contributed by atoms with van der Waals surface area (Å²) in [6.07, 6.45) is 1.91. The molecule has 6 nitrogen and oxygen atoms in total. The monoisotopic (exact) mass is 380 g/mol. The van der Waals surface area contributed by atoms with E-state index in [9.17, 15) is 13.2 Å². The third kappa shape index (κ3) is 4.10. The van der Waals surface area contributed by atoms with Gasteiger partial charge < -0.3 is 9.64 Å². The van der Waals surface area contributed by atoms with Crippen LogP contribution in [-0.2, 0) is 14.8 Å². The number of rotatable bonds is 3. The van der Waals surface area contributed by atoms with Gasteiger partial charge in [0.25, 0.3) is 5.91 Å². The quantitative estimate of drug-likeness (QED) is 0.807. The molecule has 2 aliphatic heterocycles. The number of piperidine rings is 1. The third-order valence-corrected chi connectivity index (χ3v) is 6.92. The Bertz CT molecular complexity index is 737. The summed E-state index contributed by atoms with van der Waals surface area (Å²) in [5, 5.41) is 0. The van der Waals surface area contributed by atoms with Crippen molar-refractivity contribution in [2.75, 3.05) is 26.2 Å². The van der Waals surface area contributed by atoms with Gasteiger partial charge in [-0.05, 0) is 56.9 Å². The Morgan fingerprint density at radius 1 is 1.04 bits per heavy atom. The highest BCUT2D eigenvalue weighted by Crippen LogP contribution is 2.23. The molecule has 3 rings (SSSR count). The molecule has 0 bridgehead atoms. The van der Waals surface area contributed by atoms with Crippen LogP contribution in [0.2, 0.25) is 0 Å². The van der Waals surface area contributed by atoms with Crippen molar-refractivity contribution in [3.63, 3.8) is 0 Å². The Morgan fingerprint density at radius 3 is 2.23 bits per heavy atom. The van der Waals surface area contributed by atoms with Crippen LogP contribution in [0.3, 0.4) is 0 Å². The summed E-state index contributed by atoms with van der Waals surface area (Å²) in [6, 6.07) is 6.34. The number of hydrogen-bond donors (Lipinski definition) is 0. The van der Waals surface area contributed by atoms with E-state index in [-0.39, 0.29) is 23.0 Å². The summed E-state index contributed by atoms with van der Waals surface area (Å²) >= 11 is 0. The number of ether oxygens (including phenoxy) is 1. The van der Waals surface area contributed by atoms with Crippen molar-refractivity contribution in [2.45, 2.75) is 50.7 Å². The van der Waals surface area contributed by atoms with E-state index in [0.717, 1.165) is 25.9 Å². The predicted molar refractivity (Wildman–Crippen MR) is 99.5 cm³/mol. The number of hydrogen-bond acceptors (Lipinski definition) is 4. The molecule has 0 radical (unpaired) electrons.